The fourth-order valence-electron chi connectivity index (χ4n) is 4.77. The van der Waals surface area contributed by atoms with Crippen molar-refractivity contribution in [2.24, 2.45) is 11.3 Å². The second kappa shape index (κ2) is 8.56. The summed E-state index contributed by atoms with van der Waals surface area (Å²) < 4.78 is 0. The Bertz CT molecular complexity index is 597. The molecule has 1 aromatic rings. The topological polar surface area (TPSA) is 0 Å². The first-order chi connectivity index (χ1) is 11.8. The first kappa shape index (κ1) is 20.3. The second-order valence-corrected chi connectivity index (χ2v) is 9.35. The highest BCUT2D eigenvalue weighted by Gasteiger charge is 2.35. The zero-order valence-electron chi connectivity index (χ0n) is 17.8. The van der Waals surface area contributed by atoms with Crippen molar-refractivity contribution in [1.29, 1.82) is 0 Å². The van der Waals surface area contributed by atoms with Crippen molar-refractivity contribution in [1.82, 2.24) is 0 Å². The van der Waals surface area contributed by atoms with Crippen molar-refractivity contribution < 1.29 is 0 Å². The van der Waals surface area contributed by atoms with Crippen molar-refractivity contribution in [3.8, 4) is 0 Å². The largest absolute Gasteiger partial charge is 0.0778 e. The Morgan fingerprint density at radius 3 is 2.36 bits per heavy atom. The van der Waals surface area contributed by atoms with Gasteiger partial charge >= 0.3 is 0 Å². The average Bonchev–Trinajstić information content (AvgIpc) is 2.53. The Hall–Kier alpha value is -1.04. The molecular formula is C25H40. The van der Waals surface area contributed by atoms with Crippen LogP contribution in [0.3, 0.4) is 0 Å². The summed E-state index contributed by atoms with van der Waals surface area (Å²) in [5.74, 6) is 1.33. The lowest BCUT2D eigenvalue weighted by atomic mass is 9.64. The molecule has 0 aliphatic heterocycles. The number of hydrogen-bond acceptors (Lipinski definition) is 0. The molecule has 0 fully saturated rings. The molecule has 0 saturated heterocycles. The van der Waals surface area contributed by atoms with E-state index in [0.29, 0.717) is 11.3 Å². The number of unbranched alkanes of at least 4 members (excludes halogenated alkanes) is 2. The van der Waals surface area contributed by atoms with Gasteiger partial charge in [0, 0.05) is 5.92 Å². The molecule has 1 aliphatic rings. The molecule has 0 saturated carbocycles. The molecule has 0 aromatic heterocycles. The third-order valence-electron chi connectivity index (χ3n) is 6.18. The summed E-state index contributed by atoms with van der Waals surface area (Å²) in [6, 6.07) is 5.01. The smallest absolute Gasteiger partial charge is 0.00592 e. The third-order valence-corrected chi connectivity index (χ3v) is 6.18. The SMILES string of the molecule is CCCCCc1cc(C)c(C2C=C(C)CCC2C(C)(C)C)c(CC)c1. The van der Waals surface area contributed by atoms with Crippen molar-refractivity contribution in [2.75, 3.05) is 0 Å². The van der Waals surface area contributed by atoms with Crippen LogP contribution in [-0.2, 0) is 12.8 Å². The minimum atomic E-state index is 0.360. The summed E-state index contributed by atoms with van der Waals surface area (Å²) in [5.41, 5.74) is 8.25. The van der Waals surface area contributed by atoms with Crippen LogP contribution in [0, 0.1) is 18.3 Å². The maximum absolute atomic E-state index is 2.59. The van der Waals surface area contributed by atoms with E-state index in [4.69, 9.17) is 0 Å². The van der Waals surface area contributed by atoms with Crippen LogP contribution in [0.25, 0.3) is 0 Å². The summed E-state index contributed by atoms with van der Waals surface area (Å²) in [6.07, 6.45) is 11.6. The lowest BCUT2D eigenvalue weighted by Gasteiger charge is -2.40. The molecule has 0 bridgehead atoms. The van der Waals surface area contributed by atoms with E-state index in [2.05, 4.69) is 66.7 Å². The number of rotatable bonds is 6. The quantitative estimate of drug-likeness (QED) is 0.366. The number of allylic oxidation sites excluding steroid dienone is 2. The molecule has 0 heteroatoms. The van der Waals surface area contributed by atoms with Gasteiger partial charge in [0.15, 0.2) is 0 Å². The Kier molecular flexibility index (Phi) is 6.94. The van der Waals surface area contributed by atoms with E-state index >= 15 is 0 Å². The third kappa shape index (κ3) is 4.99. The van der Waals surface area contributed by atoms with Gasteiger partial charge in [-0.1, -0.05) is 71.2 Å². The van der Waals surface area contributed by atoms with Crippen molar-refractivity contribution in [3.63, 3.8) is 0 Å². The summed E-state index contributed by atoms with van der Waals surface area (Å²) in [7, 11) is 0. The van der Waals surface area contributed by atoms with Gasteiger partial charge in [-0.2, -0.15) is 0 Å². The van der Waals surface area contributed by atoms with Crippen molar-refractivity contribution in [2.45, 2.75) is 99.3 Å². The molecule has 0 N–H and O–H groups in total. The van der Waals surface area contributed by atoms with Crippen LogP contribution in [-0.4, -0.2) is 0 Å². The van der Waals surface area contributed by atoms with E-state index in [1.54, 1.807) is 22.3 Å². The van der Waals surface area contributed by atoms with E-state index in [1.165, 1.54) is 44.1 Å². The normalized spacial score (nSPS) is 21.3. The maximum atomic E-state index is 2.59. The molecule has 2 unspecified atom stereocenters. The fourth-order valence-corrected chi connectivity index (χ4v) is 4.77. The van der Waals surface area contributed by atoms with Crippen LogP contribution in [0.15, 0.2) is 23.8 Å². The van der Waals surface area contributed by atoms with Gasteiger partial charge in [0.05, 0.1) is 0 Å². The van der Waals surface area contributed by atoms with Gasteiger partial charge in [-0.05, 0) is 79.5 Å². The minimum absolute atomic E-state index is 0.360. The van der Waals surface area contributed by atoms with Gasteiger partial charge in [0.2, 0.25) is 0 Å². The lowest BCUT2D eigenvalue weighted by Crippen LogP contribution is -2.29. The van der Waals surface area contributed by atoms with E-state index in [9.17, 15) is 0 Å². The highest BCUT2D eigenvalue weighted by Crippen LogP contribution is 2.47. The highest BCUT2D eigenvalue weighted by molar-refractivity contribution is 5.44. The Balaban J connectivity index is 2.43. The Morgan fingerprint density at radius 1 is 1.04 bits per heavy atom. The van der Waals surface area contributed by atoms with Crippen LogP contribution < -0.4 is 0 Å². The predicted octanol–water partition coefficient (Wildman–Crippen LogP) is 7.78. The molecule has 1 aromatic carbocycles. The van der Waals surface area contributed by atoms with Gasteiger partial charge in [0.1, 0.15) is 0 Å². The zero-order valence-corrected chi connectivity index (χ0v) is 17.8. The van der Waals surface area contributed by atoms with Crippen LogP contribution >= 0.6 is 0 Å². The molecule has 0 radical (unpaired) electrons. The standard InChI is InChI=1S/C25H40/c1-8-10-11-12-20-16-19(4)24(21(9-2)17-20)22-15-18(3)13-14-23(22)25(5,6)7/h15-17,22-23H,8-14H2,1-7H3. The molecule has 1 aliphatic carbocycles. The van der Waals surface area contributed by atoms with Crippen molar-refractivity contribution in [3.05, 3.63) is 46.0 Å². The van der Waals surface area contributed by atoms with Crippen molar-refractivity contribution >= 4 is 0 Å². The van der Waals surface area contributed by atoms with Gasteiger partial charge in [-0.15, -0.1) is 0 Å². The van der Waals surface area contributed by atoms with E-state index < -0.39 is 0 Å². The first-order valence-corrected chi connectivity index (χ1v) is 10.6. The van der Waals surface area contributed by atoms with Crippen LogP contribution in [0.5, 0.6) is 0 Å². The second-order valence-electron chi connectivity index (χ2n) is 9.35. The van der Waals surface area contributed by atoms with Crippen LogP contribution in [0.1, 0.15) is 102 Å². The summed E-state index contributed by atoms with van der Waals surface area (Å²) in [4.78, 5) is 0. The fraction of sp³-hybridized carbons (Fsp3) is 0.680. The maximum Gasteiger partial charge on any atom is 0.00592 e. The lowest BCUT2D eigenvalue weighted by molar-refractivity contribution is 0.197. The van der Waals surface area contributed by atoms with Gasteiger partial charge < -0.3 is 0 Å². The number of benzene rings is 1. The summed E-state index contributed by atoms with van der Waals surface area (Å²) in [5, 5.41) is 0. The molecule has 140 valence electrons. The summed E-state index contributed by atoms with van der Waals surface area (Å²) >= 11 is 0. The van der Waals surface area contributed by atoms with Gasteiger partial charge in [-0.3, -0.25) is 0 Å². The summed E-state index contributed by atoms with van der Waals surface area (Å²) in [6.45, 7) is 16.6. The van der Waals surface area contributed by atoms with Gasteiger partial charge in [0.25, 0.3) is 0 Å². The number of hydrogen-bond donors (Lipinski definition) is 0. The molecule has 0 spiro atoms. The molecule has 0 amide bonds. The number of aryl methyl sites for hydroxylation is 3. The molecule has 25 heavy (non-hydrogen) atoms. The Labute approximate surface area is 157 Å². The zero-order chi connectivity index (χ0) is 18.6. The molecule has 0 heterocycles. The molecule has 2 atom stereocenters. The first-order valence-electron chi connectivity index (χ1n) is 10.6. The van der Waals surface area contributed by atoms with Crippen LogP contribution in [0.2, 0.25) is 0 Å². The predicted molar refractivity (Wildman–Crippen MR) is 112 cm³/mol. The van der Waals surface area contributed by atoms with E-state index in [1.807, 2.05) is 0 Å². The highest BCUT2D eigenvalue weighted by atomic mass is 14.4. The van der Waals surface area contributed by atoms with E-state index in [-0.39, 0.29) is 0 Å². The monoisotopic (exact) mass is 340 g/mol. The van der Waals surface area contributed by atoms with Gasteiger partial charge in [-0.25, -0.2) is 0 Å². The van der Waals surface area contributed by atoms with E-state index in [0.717, 1.165) is 12.3 Å². The van der Waals surface area contributed by atoms with Crippen LogP contribution in [0.4, 0.5) is 0 Å². The molecule has 0 nitrogen and oxygen atoms in total. The minimum Gasteiger partial charge on any atom is -0.0778 e. The average molecular weight is 341 g/mol. The molecule has 2 rings (SSSR count). The molecular weight excluding hydrogens is 300 g/mol. The Morgan fingerprint density at radius 2 is 1.76 bits per heavy atom.